The van der Waals surface area contributed by atoms with Crippen LogP contribution in [0, 0.1) is 11.8 Å². The van der Waals surface area contributed by atoms with Gasteiger partial charge in [-0.1, -0.05) is 6.92 Å². The normalized spacial score (nSPS) is 20.4. The van der Waals surface area contributed by atoms with Crippen LogP contribution in [0.5, 0.6) is 0 Å². The van der Waals surface area contributed by atoms with Crippen LogP contribution in [0.4, 0.5) is 0 Å². The van der Waals surface area contributed by atoms with Crippen LogP contribution in [0.25, 0.3) is 0 Å². The van der Waals surface area contributed by atoms with E-state index in [-0.39, 0.29) is 17.9 Å². The first-order valence-corrected chi connectivity index (χ1v) is 5.16. The lowest BCUT2D eigenvalue weighted by Gasteiger charge is -2.21. The maximum Gasteiger partial charge on any atom is 0.234 e. The highest BCUT2D eigenvalue weighted by molar-refractivity contribution is 5.80. The van der Waals surface area contributed by atoms with Crippen LogP contribution in [-0.4, -0.2) is 32.2 Å². The number of primary amides is 1. The molecule has 1 rings (SSSR count). The van der Waals surface area contributed by atoms with Crippen LogP contribution in [-0.2, 0) is 9.53 Å². The van der Waals surface area contributed by atoms with Gasteiger partial charge in [-0.05, 0) is 25.3 Å². The Labute approximate surface area is 85.2 Å². The molecule has 82 valence electrons. The fourth-order valence-electron chi connectivity index (χ4n) is 1.56. The lowest BCUT2D eigenvalue weighted by atomic mass is 10.0. The zero-order valence-electron chi connectivity index (χ0n) is 8.95. The largest absolute Gasteiger partial charge is 0.384 e. The summed E-state index contributed by atoms with van der Waals surface area (Å²) in [5.74, 6) is 0.609. The van der Waals surface area contributed by atoms with E-state index in [4.69, 9.17) is 10.5 Å². The summed E-state index contributed by atoms with van der Waals surface area (Å²) in [4.78, 5) is 11.2. The van der Waals surface area contributed by atoms with Crippen LogP contribution in [0.15, 0.2) is 0 Å². The smallest absolute Gasteiger partial charge is 0.234 e. The lowest BCUT2D eigenvalue weighted by molar-refractivity contribution is -0.121. The van der Waals surface area contributed by atoms with E-state index in [0.717, 1.165) is 12.5 Å². The van der Waals surface area contributed by atoms with Crippen molar-refractivity contribution in [1.29, 1.82) is 0 Å². The summed E-state index contributed by atoms with van der Waals surface area (Å²) in [6.45, 7) is 3.44. The molecular formula is C10H20N2O2. The molecule has 0 heterocycles. The number of nitrogens with two attached hydrogens (primary N) is 1. The second-order valence-corrected chi connectivity index (χ2v) is 4.16. The maximum absolute atomic E-state index is 11.2. The van der Waals surface area contributed by atoms with Crippen molar-refractivity contribution in [2.75, 3.05) is 20.3 Å². The van der Waals surface area contributed by atoms with E-state index in [2.05, 4.69) is 5.32 Å². The third-order valence-corrected chi connectivity index (χ3v) is 2.63. The van der Waals surface area contributed by atoms with Crippen LogP contribution in [0.1, 0.15) is 19.8 Å². The number of nitrogens with one attached hydrogen (secondary N) is 1. The molecule has 0 radical (unpaired) electrons. The first-order valence-electron chi connectivity index (χ1n) is 5.16. The van der Waals surface area contributed by atoms with Gasteiger partial charge in [0.2, 0.25) is 5.91 Å². The van der Waals surface area contributed by atoms with Crippen LogP contribution in [0.3, 0.4) is 0 Å². The van der Waals surface area contributed by atoms with Gasteiger partial charge in [-0.2, -0.15) is 0 Å². The molecule has 2 atom stereocenters. The Balaban J connectivity index is 2.31. The SMILES string of the molecule is COCC(C)C(NCC1CC1)C(N)=O. The van der Waals surface area contributed by atoms with Gasteiger partial charge in [0.15, 0.2) is 0 Å². The quantitative estimate of drug-likeness (QED) is 0.613. The molecule has 0 aromatic rings. The molecule has 0 saturated heterocycles. The monoisotopic (exact) mass is 200 g/mol. The van der Waals surface area contributed by atoms with E-state index < -0.39 is 0 Å². The van der Waals surface area contributed by atoms with Crippen molar-refractivity contribution in [2.24, 2.45) is 17.6 Å². The Morgan fingerprint density at radius 2 is 2.29 bits per heavy atom. The van der Waals surface area contributed by atoms with Crippen molar-refractivity contribution >= 4 is 5.91 Å². The van der Waals surface area contributed by atoms with Gasteiger partial charge in [0, 0.05) is 13.0 Å². The van der Waals surface area contributed by atoms with E-state index in [1.54, 1.807) is 7.11 Å². The minimum atomic E-state index is -0.282. The van der Waals surface area contributed by atoms with Crippen LogP contribution in [0.2, 0.25) is 0 Å². The van der Waals surface area contributed by atoms with E-state index in [0.29, 0.717) is 6.61 Å². The molecule has 2 unspecified atom stereocenters. The fourth-order valence-corrected chi connectivity index (χ4v) is 1.56. The summed E-state index contributed by atoms with van der Waals surface area (Å²) >= 11 is 0. The topological polar surface area (TPSA) is 64.3 Å². The van der Waals surface area contributed by atoms with Gasteiger partial charge in [0.05, 0.1) is 12.6 Å². The molecule has 4 nitrogen and oxygen atoms in total. The average molecular weight is 200 g/mol. The number of carbonyl (C=O) groups is 1. The molecule has 0 aromatic carbocycles. The number of amides is 1. The predicted molar refractivity (Wildman–Crippen MR) is 54.7 cm³/mol. The molecule has 0 aliphatic heterocycles. The molecule has 1 aliphatic carbocycles. The Morgan fingerprint density at radius 3 is 2.71 bits per heavy atom. The lowest BCUT2D eigenvalue weighted by Crippen LogP contribution is -2.47. The van der Waals surface area contributed by atoms with Gasteiger partial charge in [0.1, 0.15) is 0 Å². The number of ether oxygens (including phenoxy) is 1. The van der Waals surface area contributed by atoms with Crippen molar-refractivity contribution in [1.82, 2.24) is 5.32 Å². The summed E-state index contributed by atoms with van der Waals surface area (Å²) < 4.78 is 5.01. The predicted octanol–water partition coefficient (Wildman–Crippen LogP) is 0.122. The van der Waals surface area contributed by atoms with Crippen LogP contribution < -0.4 is 11.1 Å². The minimum Gasteiger partial charge on any atom is -0.384 e. The van der Waals surface area contributed by atoms with E-state index in [9.17, 15) is 4.79 Å². The van der Waals surface area contributed by atoms with Gasteiger partial charge < -0.3 is 15.8 Å². The number of hydrogen-bond acceptors (Lipinski definition) is 3. The molecule has 0 bridgehead atoms. The fraction of sp³-hybridized carbons (Fsp3) is 0.900. The Bertz CT molecular complexity index is 193. The van der Waals surface area contributed by atoms with Gasteiger partial charge in [-0.25, -0.2) is 0 Å². The minimum absolute atomic E-state index is 0.135. The zero-order chi connectivity index (χ0) is 10.6. The molecule has 4 heteroatoms. The summed E-state index contributed by atoms with van der Waals surface area (Å²) in [6.07, 6.45) is 2.55. The molecule has 0 aromatic heterocycles. The summed E-state index contributed by atoms with van der Waals surface area (Å²) in [5.41, 5.74) is 5.32. The highest BCUT2D eigenvalue weighted by Crippen LogP contribution is 2.27. The van der Waals surface area contributed by atoms with Gasteiger partial charge >= 0.3 is 0 Å². The van der Waals surface area contributed by atoms with Crippen molar-refractivity contribution in [3.63, 3.8) is 0 Å². The van der Waals surface area contributed by atoms with E-state index in [1.165, 1.54) is 12.8 Å². The van der Waals surface area contributed by atoms with Crippen molar-refractivity contribution < 1.29 is 9.53 Å². The highest BCUT2D eigenvalue weighted by atomic mass is 16.5. The van der Waals surface area contributed by atoms with Crippen molar-refractivity contribution in [3.05, 3.63) is 0 Å². The molecule has 1 amide bonds. The molecule has 1 saturated carbocycles. The van der Waals surface area contributed by atoms with Gasteiger partial charge in [-0.3, -0.25) is 4.79 Å². The van der Waals surface area contributed by atoms with Crippen LogP contribution >= 0.6 is 0 Å². The zero-order valence-corrected chi connectivity index (χ0v) is 8.95. The highest BCUT2D eigenvalue weighted by Gasteiger charge is 2.26. The van der Waals surface area contributed by atoms with Gasteiger partial charge in [0.25, 0.3) is 0 Å². The molecule has 3 N–H and O–H groups in total. The third kappa shape index (κ3) is 3.64. The molecule has 0 spiro atoms. The second kappa shape index (κ2) is 5.32. The third-order valence-electron chi connectivity index (χ3n) is 2.63. The summed E-state index contributed by atoms with van der Waals surface area (Å²) in [5, 5.41) is 3.21. The average Bonchev–Trinajstić information content (AvgIpc) is 2.88. The molecular weight excluding hydrogens is 180 g/mol. The molecule has 14 heavy (non-hydrogen) atoms. The Morgan fingerprint density at radius 1 is 1.64 bits per heavy atom. The van der Waals surface area contributed by atoms with Gasteiger partial charge in [-0.15, -0.1) is 0 Å². The summed E-state index contributed by atoms with van der Waals surface area (Å²) in [6, 6.07) is -0.254. The Hall–Kier alpha value is -0.610. The molecule has 1 fully saturated rings. The maximum atomic E-state index is 11.2. The van der Waals surface area contributed by atoms with Crippen molar-refractivity contribution in [2.45, 2.75) is 25.8 Å². The Kier molecular flexibility index (Phi) is 4.35. The first kappa shape index (κ1) is 11.5. The molecule has 1 aliphatic rings. The number of methoxy groups -OCH3 is 1. The number of hydrogen-bond donors (Lipinski definition) is 2. The van der Waals surface area contributed by atoms with E-state index in [1.807, 2.05) is 6.92 Å². The number of rotatable bonds is 7. The second-order valence-electron chi connectivity index (χ2n) is 4.16. The summed E-state index contributed by atoms with van der Waals surface area (Å²) in [7, 11) is 1.63. The van der Waals surface area contributed by atoms with E-state index >= 15 is 0 Å². The first-order chi connectivity index (χ1) is 6.65. The standard InChI is InChI=1S/C10H20N2O2/c1-7(6-14-2)9(10(11)13)12-5-8-3-4-8/h7-9,12H,3-6H2,1-2H3,(H2,11,13). The number of carbonyl (C=O) groups excluding carboxylic acids is 1. The van der Waals surface area contributed by atoms with Crippen molar-refractivity contribution in [3.8, 4) is 0 Å².